The van der Waals surface area contributed by atoms with Gasteiger partial charge in [-0.3, -0.25) is 9.48 Å². The zero-order valence-corrected chi connectivity index (χ0v) is 14.3. The molecule has 0 saturated carbocycles. The Kier molecular flexibility index (Phi) is 4.74. The van der Waals surface area contributed by atoms with Crippen LogP contribution in [0, 0.1) is 6.92 Å². The molecule has 0 radical (unpaired) electrons. The van der Waals surface area contributed by atoms with Crippen molar-refractivity contribution in [3.63, 3.8) is 0 Å². The van der Waals surface area contributed by atoms with E-state index in [1.165, 1.54) is 0 Å². The first-order valence-electron chi connectivity index (χ1n) is 7.72. The van der Waals surface area contributed by atoms with Crippen LogP contribution in [0.3, 0.4) is 0 Å². The molecule has 0 aliphatic carbocycles. The fourth-order valence-electron chi connectivity index (χ4n) is 2.31. The zero-order valence-electron chi connectivity index (χ0n) is 14.3. The summed E-state index contributed by atoms with van der Waals surface area (Å²) in [6.07, 6.45) is 1.74. The third kappa shape index (κ3) is 4.00. The van der Waals surface area contributed by atoms with Crippen LogP contribution in [0.5, 0.6) is 11.5 Å². The second-order valence-electron chi connectivity index (χ2n) is 5.49. The number of carbonyl (C=O) groups excluding carboxylic acids is 1. The smallest absolute Gasteiger partial charge is 0.291 e. The molecule has 0 atom stereocenters. The van der Waals surface area contributed by atoms with Crippen molar-refractivity contribution in [1.82, 2.24) is 9.78 Å². The number of nitrogens with zero attached hydrogens (tertiary/aromatic N) is 2. The Labute approximate surface area is 145 Å². The maximum Gasteiger partial charge on any atom is 0.291 e. The van der Waals surface area contributed by atoms with E-state index in [0.29, 0.717) is 17.2 Å². The van der Waals surface area contributed by atoms with Gasteiger partial charge in [0.15, 0.2) is 5.76 Å². The molecular formula is C18H19N3O4. The molecule has 7 heteroatoms. The van der Waals surface area contributed by atoms with Crippen LogP contribution in [-0.2, 0) is 13.7 Å². The molecular weight excluding hydrogens is 322 g/mol. The van der Waals surface area contributed by atoms with Crippen molar-refractivity contribution in [1.29, 1.82) is 0 Å². The number of furan rings is 1. The third-order valence-electron chi connectivity index (χ3n) is 3.59. The lowest BCUT2D eigenvalue weighted by Crippen LogP contribution is -2.11. The first-order chi connectivity index (χ1) is 12.0. The second-order valence-corrected chi connectivity index (χ2v) is 5.49. The van der Waals surface area contributed by atoms with Gasteiger partial charge in [-0.05, 0) is 43.3 Å². The monoisotopic (exact) mass is 341 g/mol. The highest BCUT2D eigenvalue weighted by Crippen LogP contribution is 2.19. The Balaban J connectivity index is 1.59. The number of nitrogens with one attached hydrogen (secondary N) is 1. The Morgan fingerprint density at radius 2 is 1.92 bits per heavy atom. The molecule has 1 aromatic carbocycles. The minimum Gasteiger partial charge on any atom is -0.497 e. The zero-order chi connectivity index (χ0) is 17.8. The van der Waals surface area contributed by atoms with Gasteiger partial charge in [0.05, 0.1) is 18.5 Å². The molecule has 0 saturated heterocycles. The number of anilines is 1. The number of ether oxygens (including phenoxy) is 2. The minimum atomic E-state index is -0.327. The summed E-state index contributed by atoms with van der Waals surface area (Å²) in [7, 11) is 3.41. The molecule has 2 aromatic heterocycles. The molecule has 1 N–H and O–H groups in total. The summed E-state index contributed by atoms with van der Waals surface area (Å²) in [4.78, 5) is 12.2. The highest BCUT2D eigenvalue weighted by atomic mass is 16.5. The summed E-state index contributed by atoms with van der Waals surface area (Å²) in [6, 6.07) is 10.6. The van der Waals surface area contributed by atoms with E-state index in [-0.39, 0.29) is 18.3 Å². The van der Waals surface area contributed by atoms with Crippen LogP contribution in [0.15, 0.2) is 47.0 Å². The van der Waals surface area contributed by atoms with Crippen molar-refractivity contribution >= 4 is 11.6 Å². The number of benzene rings is 1. The molecule has 2 heterocycles. The molecule has 0 spiro atoms. The van der Waals surface area contributed by atoms with Crippen LogP contribution >= 0.6 is 0 Å². The van der Waals surface area contributed by atoms with Gasteiger partial charge >= 0.3 is 0 Å². The van der Waals surface area contributed by atoms with Gasteiger partial charge in [0.1, 0.15) is 23.9 Å². The Morgan fingerprint density at radius 1 is 1.20 bits per heavy atom. The number of methoxy groups -OCH3 is 1. The van der Waals surface area contributed by atoms with Crippen molar-refractivity contribution in [2.75, 3.05) is 12.4 Å². The van der Waals surface area contributed by atoms with Gasteiger partial charge < -0.3 is 19.2 Å². The standard InChI is InChI=1S/C18H19N3O4/c1-12-16(10-21(2)20-12)19-18(22)17-9-8-15(25-17)11-24-14-6-4-13(23-3)5-7-14/h4-10H,11H2,1-3H3,(H,19,22). The average Bonchev–Trinajstić information content (AvgIpc) is 3.20. The van der Waals surface area contributed by atoms with Crippen molar-refractivity contribution in [2.24, 2.45) is 7.05 Å². The van der Waals surface area contributed by atoms with E-state index < -0.39 is 0 Å². The minimum absolute atomic E-state index is 0.219. The van der Waals surface area contributed by atoms with Crippen LogP contribution in [-0.4, -0.2) is 22.8 Å². The lowest BCUT2D eigenvalue weighted by molar-refractivity contribution is 0.0992. The summed E-state index contributed by atoms with van der Waals surface area (Å²) >= 11 is 0. The van der Waals surface area contributed by atoms with Crippen molar-refractivity contribution in [3.05, 3.63) is 59.8 Å². The number of amides is 1. The first kappa shape index (κ1) is 16.6. The molecule has 7 nitrogen and oxygen atoms in total. The Morgan fingerprint density at radius 3 is 2.56 bits per heavy atom. The van der Waals surface area contributed by atoms with Crippen molar-refractivity contribution in [2.45, 2.75) is 13.5 Å². The van der Waals surface area contributed by atoms with E-state index in [1.807, 2.05) is 19.1 Å². The molecule has 0 aliphatic rings. The predicted octanol–water partition coefficient (Wildman–Crippen LogP) is 3.16. The SMILES string of the molecule is COc1ccc(OCc2ccc(C(=O)Nc3cn(C)nc3C)o2)cc1. The number of hydrogen-bond donors (Lipinski definition) is 1. The predicted molar refractivity (Wildman–Crippen MR) is 91.9 cm³/mol. The fraction of sp³-hybridized carbons (Fsp3) is 0.222. The van der Waals surface area contributed by atoms with E-state index in [2.05, 4.69) is 10.4 Å². The van der Waals surface area contributed by atoms with Crippen molar-refractivity contribution < 1.29 is 18.7 Å². The Hall–Kier alpha value is -3.22. The molecule has 0 fully saturated rings. The van der Waals surface area contributed by atoms with Crippen LogP contribution < -0.4 is 14.8 Å². The molecule has 0 bridgehead atoms. The van der Waals surface area contributed by atoms with E-state index in [4.69, 9.17) is 13.9 Å². The fourth-order valence-corrected chi connectivity index (χ4v) is 2.31. The molecule has 3 aromatic rings. The summed E-state index contributed by atoms with van der Waals surface area (Å²) in [6.45, 7) is 2.05. The van der Waals surface area contributed by atoms with Gasteiger partial charge in [0, 0.05) is 13.2 Å². The topological polar surface area (TPSA) is 78.5 Å². The quantitative estimate of drug-likeness (QED) is 0.745. The van der Waals surface area contributed by atoms with Crippen LogP contribution in [0.1, 0.15) is 22.0 Å². The lowest BCUT2D eigenvalue weighted by Gasteiger charge is -2.05. The first-order valence-corrected chi connectivity index (χ1v) is 7.72. The molecule has 25 heavy (non-hydrogen) atoms. The van der Waals surface area contributed by atoms with Gasteiger partial charge in [-0.1, -0.05) is 0 Å². The van der Waals surface area contributed by atoms with Crippen LogP contribution in [0.2, 0.25) is 0 Å². The van der Waals surface area contributed by atoms with Gasteiger partial charge in [-0.2, -0.15) is 5.10 Å². The van der Waals surface area contributed by atoms with Gasteiger partial charge in [0.2, 0.25) is 0 Å². The molecule has 130 valence electrons. The summed E-state index contributed by atoms with van der Waals surface area (Å²) in [5, 5.41) is 6.96. The van der Waals surface area contributed by atoms with E-state index >= 15 is 0 Å². The third-order valence-corrected chi connectivity index (χ3v) is 3.59. The highest BCUT2D eigenvalue weighted by Gasteiger charge is 2.14. The lowest BCUT2D eigenvalue weighted by atomic mass is 10.3. The van der Waals surface area contributed by atoms with Gasteiger partial charge in [-0.15, -0.1) is 0 Å². The molecule has 1 amide bonds. The molecule has 0 unspecified atom stereocenters. The van der Waals surface area contributed by atoms with Crippen LogP contribution in [0.4, 0.5) is 5.69 Å². The Bertz CT molecular complexity index is 865. The van der Waals surface area contributed by atoms with E-state index in [0.717, 1.165) is 11.4 Å². The average molecular weight is 341 g/mol. The normalized spacial score (nSPS) is 10.5. The molecule has 3 rings (SSSR count). The number of rotatable bonds is 6. The maximum atomic E-state index is 12.2. The summed E-state index contributed by atoms with van der Waals surface area (Å²) in [5.41, 5.74) is 1.39. The van der Waals surface area contributed by atoms with Gasteiger partial charge in [0.25, 0.3) is 5.91 Å². The van der Waals surface area contributed by atoms with Gasteiger partial charge in [-0.25, -0.2) is 0 Å². The summed E-state index contributed by atoms with van der Waals surface area (Å²) in [5.74, 6) is 1.90. The number of aromatic nitrogens is 2. The maximum absolute atomic E-state index is 12.2. The van der Waals surface area contributed by atoms with Crippen molar-refractivity contribution in [3.8, 4) is 11.5 Å². The summed E-state index contributed by atoms with van der Waals surface area (Å²) < 4.78 is 17.9. The number of carbonyl (C=O) groups is 1. The number of aryl methyl sites for hydroxylation is 2. The molecule has 0 aliphatic heterocycles. The van der Waals surface area contributed by atoms with Crippen LogP contribution in [0.25, 0.3) is 0 Å². The second kappa shape index (κ2) is 7.12. The number of hydrogen-bond acceptors (Lipinski definition) is 5. The van der Waals surface area contributed by atoms with E-state index in [9.17, 15) is 4.79 Å². The highest BCUT2D eigenvalue weighted by molar-refractivity contribution is 6.02. The largest absolute Gasteiger partial charge is 0.497 e. The van der Waals surface area contributed by atoms with E-state index in [1.54, 1.807) is 49.3 Å².